The van der Waals surface area contributed by atoms with Gasteiger partial charge in [-0.15, -0.1) is 11.3 Å². The van der Waals surface area contributed by atoms with Crippen molar-refractivity contribution in [1.29, 1.82) is 0 Å². The summed E-state index contributed by atoms with van der Waals surface area (Å²) in [6.07, 6.45) is 1.87. The van der Waals surface area contributed by atoms with E-state index in [1.807, 2.05) is 11.4 Å². The van der Waals surface area contributed by atoms with E-state index in [4.69, 9.17) is 11.6 Å². The third kappa shape index (κ3) is 2.90. The summed E-state index contributed by atoms with van der Waals surface area (Å²) in [6, 6.07) is 5.26. The monoisotopic (exact) mass is 315 g/mol. The van der Waals surface area contributed by atoms with E-state index >= 15 is 0 Å². The van der Waals surface area contributed by atoms with Gasteiger partial charge in [0.05, 0.1) is 5.02 Å². The number of nitrogens with zero attached hydrogens (tertiary/aromatic N) is 1. The number of carbonyl (C=O) groups excluding carboxylic acids is 1. The van der Waals surface area contributed by atoms with Crippen LogP contribution in [0.4, 0.5) is 0 Å². The molecule has 0 spiro atoms. The van der Waals surface area contributed by atoms with E-state index in [1.54, 1.807) is 23.5 Å². The Bertz CT molecular complexity index is 509. The summed E-state index contributed by atoms with van der Waals surface area (Å²) < 4.78 is 1.00. The van der Waals surface area contributed by atoms with Gasteiger partial charge in [-0.1, -0.05) is 11.6 Å². The molecule has 2 nitrogen and oxygen atoms in total. The van der Waals surface area contributed by atoms with Crippen molar-refractivity contribution in [1.82, 2.24) is 4.98 Å². The zero-order chi connectivity index (χ0) is 11.5. The van der Waals surface area contributed by atoms with Crippen LogP contribution in [0.1, 0.15) is 15.4 Å². The summed E-state index contributed by atoms with van der Waals surface area (Å²) in [4.78, 5) is 16.8. The Kier molecular flexibility index (Phi) is 3.74. The molecule has 0 aliphatic rings. The van der Waals surface area contributed by atoms with Crippen molar-refractivity contribution < 1.29 is 4.79 Å². The molecule has 0 fully saturated rings. The van der Waals surface area contributed by atoms with Gasteiger partial charge in [0.1, 0.15) is 5.69 Å². The van der Waals surface area contributed by atoms with Crippen molar-refractivity contribution in [2.24, 2.45) is 0 Å². The van der Waals surface area contributed by atoms with Crippen molar-refractivity contribution in [3.63, 3.8) is 0 Å². The van der Waals surface area contributed by atoms with Crippen molar-refractivity contribution in [2.75, 3.05) is 0 Å². The fraction of sp³-hybridized carbons (Fsp3) is 0.0909. The lowest BCUT2D eigenvalue weighted by molar-refractivity contribution is 0.0989. The highest BCUT2D eigenvalue weighted by molar-refractivity contribution is 9.10. The van der Waals surface area contributed by atoms with Gasteiger partial charge in [-0.25, -0.2) is 0 Å². The Hall–Kier alpha value is -0.710. The van der Waals surface area contributed by atoms with E-state index in [0.717, 1.165) is 9.35 Å². The average Bonchev–Trinajstić information content (AvgIpc) is 2.65. The highest BCUT2D eigenvalue weighted by Gasteiger charge is 2.09. The molecular formula is C11H7BrClNOS. The molecule has 2 aromatic rings. The maximum atomic E-state index is 11.8. The predicted molar refractivity (Wildman–Crippen MR) is 69.3 cm³/mol. The molecule has 0 saturated carbocycles. The fourth-order valence-electron chi connectivity index (χ4n) is 1.24. The molecule has 0 bridgehead atoms. The number of aromatic nitrogens is 1. The summed E-state index contributed by atoms with van der Waals surface area (Å²) in [5, 5.41) is 2.49. The van der Waals surface area contributed by atoms with Gasteiger partial charge < -0.3 is 0 Å². The summed E-state index contributed by atoms with van der Waals surface area (Å²) in [7, 11) is 0. The lowest BCUT2D eigenvalue weighted by Crippen LogP contribution is -2.04. The maximum Gasteiger partial charge on any atom is 0.186 e. The number of hydrogen-bond donors (Lipinski definition) is 0. The maximum absolute atomic E-state index is 11.8. The van der Waals surface area contributed by atoms with Crippen molar-refractivity contribution in [3.8, 4) is 0 Å². The molecule has 0 aliphatic heterocycles. The second-order valence-corrected chi connectivity index (χ2v) is 5.54. The third-order valence-corrected chi connectivity index (χ3v) is 3.89. The molecule has 0 radical (unpaired) electrons. The molecule has 0 atom stereocenters. The van der Waals surface area contributed by atoms with Crippen LogP contribution in [0.2, 0.25) is 5.02 Å². The van der Waals surface area contributed by atoms with E-state index < -0.39 is 0 Å². The Morgan fingerprint density at radius 2 is 2.31 bits per heavy atom. The summed E-state index contributed by atoms with van der Waals surface area (Å²) in [5.41, 5.74) is 0.453. The van der Waals surface area contributed by atoms with Gasteiger partial charge in [-0.2, -0.15) is 0 Å². The first kappa shape index (κ1) is 11.8. The molecule has 82 valence electrons. The molecule has 0 amide bonds. The second kappa shape index (κ2) is 5.08. The van der Waals surface area contributed by atoms with E-state index in [1.165, 1.54) is 6.20 Å². The minimum atomic E-state index is 0.00557. The standard InChI is InChI=1S/C11H7BrClNOS/c12-7-3-9(16-6-7)4-11(15)10-2-1-8(13)5-14-10/h1-3,5-6H,4H2. The van der Waals surface area contributed by atoms with E-state index in [0.29, 0.717) is 17.1 Å². The zero-order valence-corrected chi connectivity index (χ0v) is 11.3. The Morgan fingerprint density at radius 3 is 2.88 bits per heavy atom. The SMILES string of the molecule is O=C(Cc1cc(Br)cs1)c1ccc(Cl)cn1. The number of carbonyl (C=O) groups is 1. The van der Waals surface area contributed by atoms with Gasteiger partial charge in [0.2, 0.25) is 0 Å². The van der Waals surface area contributed by atoms with Gasteiger partial charge in [0, 0.05) is 27.3 Å². The molecule has 0 aromatic carbocycles. The predicted octanol–water partition coefficient (Wildman–Crippen LogP) is 3.98. The van der Waals surface area contributed by atoms with Crippen LogP contribution in [0, 0.1) is 0 Å². The van der Waals surface area contributed by atoms with Crippen molar-refractivity contribution >= 4 is 44.7 Å². The molecular weight excluding hydrogens is 310 g/mol. The molecule has 0 N–H and O–H groups in total. The quantitative estimate of drug-likeness (QED) is 0.802. The number of Topliss-reactive ketones (excluding diaryl/α,β-unsaturated/α-hetero) is 1. The molecule has 16 heavy (non-hydrogen) atoms. The number of rotatable bonds is 3. The number of thiophene rings is 1. The third-order valence-electron chi connectivity index (χ3n) is 1.97. The lowest BCUT2D eigenvalue weighted by atomic mass is 10.2. The average molecular weight is 317 g/mol. The molecule has 2 rings (SSSR count). The smallest absolute Gasteiger partial charge is 0.186 e. The molecule has 0 unspecified atom stereocenters. The minimum absolute atomic E-state index is 0.00557. The number of hydrogen-bond acceptors (Lipinski definition) is 3. The van der Waals surface area contributed by atoms with Crippen LogP contribution in [-0.2, 0) is 6.42 Å². The van der Waals surface area contributed by atoms with Gasteiger partial charge in [0.15, 0.2) is 5.78 Å². The summed E-state index contributed by atoms with van der Waals surface area (Å²) >= 11 is 10.6. The fourth-order valence-corrected chi connectivity index (χ4v) is 2.80. The van der Waals surface area contributed by atoms with E-state index in [2.05, 4.69) is 20.9 Å². The van der Waals surface area contributed by atoms with Crippen LogP contribution in [-0.4, -0.2) is 10.8 Å². The first-order chi connectivity index (χ1) is 7.65. The number of pyridine rings is 1. The molecule has 0 saturated heterocycles. The highest BCUT2D eigenvalue weighted by Crippen LogP contribution is 2.21. The van der Waals surface area contributed by atoms with Crippen LogP contribution >= 0.6 is 38.9 Å². The van der Waals surface area contributed by atoms with Crippen LogP contribution in [0.5, 0.6) is 0 Å². The first-order valence-corrected chi connectivity index (χ1v) is 6.58. The second-order valence-electron chi connectivity index (χ2n) is 3.19. The van der Waals surface area contributed by atoms with Crippen LogP contribution in [0.25, 0.3) is 0 Å². The summed E-state index contributed by atoms with van der Waals surface area (Å²) in [6.45, 7) is 0. The van der Waals surface area contributed by atoms with E-state index in [9.17, 15) is 4.79 Å². The van der Waals surface area contributed by atoms with Gasteiger partial charge >= 0.3 is 0 Å². The van der Waals surface area contributed by atoms with E-state index in [-0.39, 0.29) is 5.78 Å². The summed E-state index contributed by atoms with van der Waals surface area (Å²) in [5.74, 6) is 0.00557. The van der Waals surface area contributed by atoms with Gasteiger partial charge in [0.25, 0.3) is 0 Å². The zero-order valence-electron chi connectivity index (χ0n) is 8.11. The van der Waals surface area contributed by atoms with Crippen LogP contribution in [0.15, 0.2) is 34.2 Å². The Labute approximate surface area is 110 Å². The van der Waals surface area contributed by atoms with Gasteiger partial charge in [-0.05, 0) is 34.1 Å². The largest absolute Gasteiger partial charge is 0.292 e. The molecule has 0 aliphatic carbocycles. The molecule has 2 aromatic heterocycles. The number of halogens is 2. The Morgan fingerprint density at radius 1 is 1.50 bits per heavy atom. The topological polar surface area (TPSA) is 30.0 Å². The van der Waals surface area contributed by atoms with Gasteiger partial charge in [-0.3, -0.25) is 9.78 Å². The molecule has 2 heterocycles. The minimum Gasteiger partial charge on any atom is -0.292 e. The number of ketones is 1. The van der Waals surface area contributed by atoms with Crippen LogP contribution in [0.3, 0.4) is 0 Å². The van der Waals surface area contributed by atoms with Crippen molar-refractivity contribution in [3.05, 3.63) is 49.8 Å². The normalized spacial score (nSPS) is 10.4. The highest BCUT2D eigenvalue weighted by atomic mass is 79.9. The first-order valence-electron chi connectivity index (χ1n) is 4.53. The Balaban J connectivity index is 2.11. The molecule has 5 heteroatoms. The van der Waals surface area contributed by atoms with Crippen LogP contribution < -0.4 is 0 Å². The van der Waals surface area contributed by atoms with Crippen molar-refractivity contribution in [2.45, 2.75) is 6.42 Å². The lowest BCUT2D eigenvalue weighted by Gasteiger charge is -1.98.